The maximum absolute atomic E-state index is 12.4. The van der Waals surface area contributed by atoms with E-state index in [1.807, 2.05) is 0 Å². The Balaban J connectivity index is 2.34. The van der Waals surface area contributed by atoms with Crippen molar-refractivity contribution in [2.45, 2.75) is 58.0 Å². The predicted octanol–water partition coefficient (Wildman–Crippen LogP) is 4.40. The van der Waals surface area contributed by atoms with E-state index in [1.54, 1.807) is 0 Å². The standard InChI is InChI=1S/C13H19F3N2/c1-2-3-4-5-6-7-8-12-17-10-9-11(18-12)13(14,15)16/h9-10H,2-8H2,1H3. The first kappa shape index (κ1) is 14.9. The Morgan fingerprint density at radius 1 is 1.06 bits per heavy atom. The highest BCUT2D eigenvalue weighted by atomic mass is 19.4. The van der Waals surface area contributed by atoms with Crippen molar-refractivity contribution in [2.24, 2.45) is 0 Å². The van der Waals surface area contributed by atoms with Crippen LogP contribution in [0.2, 0.25) is 0 Å². The van der Waals surface area contributed by atoms with Gasteiger partial charge in [0.05, 0.1) is 0 Å². The summed E-state index contributed by atoms with van der Waals surface area (Å²) in [5.74, 6) is 0.292. The van der Waals surface area contributed by atoms with E-state index in [-0.39, 0.29) is 0 Å². The van der Waals surface area contributed by atoms with Gasteiger partial charge in [-0.3, -0.25) is 0 Å². The zero-order valence-electron chi connectivity index (χ0n) is 10.6. The van der Waals surface area contributed by atoms with Gasteiger partial charge in [-0.15, -0.1) is 0 Å². The van der Waals surface area contributed by atoms with Gasteiger partial charge in [-0.2, -0.15) is 13.2 Å². The Hall–Kier alpha value is -1.13. The zero-order chi connectivity index (χ0) is 13.4. The fourth-order valence-electron chi connectivity index (χ4n) is 1.74. The molecule has 0 amide bonds. The third kappa shape index (κ3) is 5.47. The van der Waals surface area contributed by atoms with Crippen molar-refractivity contribution in [3.8, 4) is 0 Å². The quantitative estimate of drug-likeness (QED) is 0.679. The minimum absolute atomic E-state index is 0.292. The second-order valence-corrected chi connectivity index (χ2v) is 4.37. The summed E-state index contributed by atoms with van der Waals surface area (Å²) in [6.45, 7) is 2.15. The van der Waals surface area contributed by atoms with Crippen molar-refractivity contribution in [3.05, 3.63) is 23.8 Å². The summed E-state index contributed by atoms with van der Waals surface area (Å²) in [7, 11) is 0. The van der Waals surface area contributed by atoms with Gasteiger partial charge < -0.3 is 0 Å². The maximum Gasteiger partial charge on any atom is 0.433 e. The summed E-state index contributed by atoms with van der Waals surface area (Å²) >= 11 is 0. The third-order valence-corrected chi connectivity index (χ3v) is 2.75. The molecule has 1 aromatic heterocycles. The lowest BCUT2D eigenvalue weighted by atomic mass is 10.1. The van der Waals surface area contributed by atoms with Gasteiger partial charge >= 0.3 is 6.18 Å². The van der Waals surface area contributed by atoms with Crippen molar-refractivity contribution in [3.63, 3.8) is 0 Å². The fraction of sp³-hybridized carbons (Fsp3) is 0.692. The van der Waals surface area contributed by atoms with E-state index in [2.05, 4.69) is 16.9 Å². The molecule has 0 saturated heterocycles. The summed E-state index contributed by atoms with van der Waals surface area (Å²) in [5.41, 5.74) is -0.849. The van der Waals surface area contributed by atoms with Crippen LogP contribution in [0.3, 0.4) is 0 Å². The molecule has 0 aliphatic heterocycles. The largest absolute Gasteiger partial charge is 0.433 e. The third-order valence-electron chi connectivity index (χ3n) is 2.75. The van der Waals surface area contributed by atoms with E-state index in [0.717, 1.165) is 25.3 Å². The molecule has 1 rings (SSSR count). The summed E-state index contributed by atoms with van der Waals surface area (Å²) in [6.07, 6.45) is 3.95. The van der Waals surface area contributed by atoms with Crippen molar-refractivity contribution in [1.82, 2.24) is 9.97 Å². The monoisotopic (exact) mass is 260 g/mol. The second kappa shape index (κ2) is 7.34. The van der Waals surface area contributed by atoms with Crippen LogP contribution < -0.4 is 0 Å². The minimum atomic E-state index is -4.38. The summed E-state index contributed by atoms with van der Waals surface area (Å²) in [4.78, 5) is 7.42. The highest BCUT2D eigenvalue weighted by molar-refractivity contribution is 5.06. The van der Waals surface area contributed by atoms with Gasteiger partial charge in [0.15, 0.2) is 0 Å². The zero-order valence-corrected chi connectivity index (χ0v) is 10.6. The minimum Gasteiger partial charge on any atom is -0.241 e. The Morgan fingerprint density at radius 3 is 2.39 bits per heavy atom. The lowest BCUT2D eigenvalue weighted by Crippen LogP contribution is -2.10. The van der Waals surface area contributed by atoms with E-state index < -0.39 is 11.9 Å². The molecule has 0 fully saturated rings. The summed E-state index contributed by atoms with van der Waals surface area (Å²) in [6, 6.07) is 0.907. The normalized spacial score (nSPS) is 11.8. The Morgan fingerprint density at radius 2 is 1.72 bits per heavy atom. The average Bonchev–Trinajstić information content (AvgIpc) is 2.33. The van der Waals surface area contributed by atoms with Crippen LogP contribution in [0.4, 0.5) is 13.2 Å². The number of rotatable bonds is 7. The van der Waals surface area contributed by atoms with Crippen molar-refractivity contribution in [2.75, 3.05) is 0 Å². The van der Waals surface area contributed by atoms with Crippen LogP contribution in [0.1, 0.15) is 57.0 Å². The fourth-order valence-corrected chi connectivity index (χ4v) is 1.74. The average molecular weight is 260 g/mol. The number of unbranched alkanes of at least 4 members (excludes halogenated alkanes) is 5. The second-order valence-electron chi connectivity index (χ2n) is 4.37. The SMILES string of the molecule is CCCCCCCCc1nccc(C(F)(F)F)n1. The lowest BCUT2D eigenvalue weighted by Gasteiger charge is -2.06. The van der Waals surface area contributed by atoms with Crippen LogP contribution in [0.25, 0.3) is 0 Å². The molecule has 1 aromatic rings. The molecule has 0 atom stereocenters. The van der Waals surface area contributed by atoms with Crippen LogP contribution in [0.15, 0.2) is 12.3 Å². The molecule has 0 aliphatic rings. The molecular weight excluding hydrogens is 241 g/mol. The van der Waals surface area contributed by atoms with E-state index >= 15 is 0 Å². The number of hydrogen-bond acceptors (Lipinski definition) is 2. The number of aromatic nitrogens is 2. The van der Waals surface area contributed by atoms with Gasteiger partial charge in [0.25, 0.3) is 0 Å². The van der Waals surface area contributed by atoms with Gasteiger partial charge in [-0.05, 0) is 12.5 Å². The molecule has 0 aromatic carbocycles. The molecule has 0 saturated carbocycles. The number of halogens is 3. The molecule has 1 heterocycles. The molecule has 18 heavy (non-hydrogen) atoms. The Kier molecular flexibility index (Phi) is 6.09. The molecule has 0 spiro atoms. The van der Waals surface area contributed by atoms with Crippen LogP contribution in [0.5, 0.6) is 0 Å². The number of alkyl halides is 3. The maximum atomic E-state index is 12.4. The number of hydrogen-bond donors (Lipinski definition) is 0. The predicted molar refractivity (Wildman–Crippen MR) is 64.1 cm³/mol. The first-order chi connectivity index (χ1) is 8.54. The number of aryl methyl sites for hydroxylation is 1. The summed E-state index contributed by atoms with van der Waals surface area (Å²) < 4.78 is 37.2. The van der Waals surface area contributed by atoms with E-state index in [9.17, 15) is 13.2 Å². The van der Waals surface area contributed by atoms with E-state index in [4.69, 9.17) is 0 Å². The van der Waals surface area contributed by atoms with Crippen molar-refractivity contribution in [1.29, 1.82) is 0 Å². The Bertz CT molecular complexity index is 350. The topological polar surface area (TPSA) is 25.8 Å². The molecule has 5 heteroatoms. The van der Waals surface area contributed by atoms with Gasteiger partial charge in [-0.25, -0.2) is 9.97 Å². The molecule has 0 aliphatic carbocycles. The van der Waals surface area contributed by atoms with Crippen molar-refractivity contribution < 1.29 is 13.2 Å². The first-order valence-corrected chi connectivity index (χ1v) is 6.43. The first-order valence-electron chi connectivity index (χ1n) is 6.43. The summed E-state index contributed by atoms with van der Waals surface area (Å²) in [5, 5.41) is 0. The van der Waals surface area contributed by atoms with E-state index in [1.165, 1.54) is 25.5 Å². The molecule has 2 nitrogen and oxygen atoms in total. The van der Waals surface area contributed by atoms with Crippen LogP contribution in [-0.4, -0.2) is 9.97 Å². The lowest BCUT2D eigenvalue weighted by molar-refractivity contribution is -0.141. The van der Waals surface area contributed by atoms with Crippen LogP contribution in [-0.2, 0) is 12.6 Å². The van der Waals surface area contributed by atoms with Gasteiger partial charge in [0, 0.05) is 12.6 Å². The highest BCUT2D eigenvalue weighted by Crippen LogP contribution is 2.27. The Labute approximate surface area is 106 Å². The number of nitrogens with zero attached hydrogens (tertiary/aromatic N) is 2. The molecule has 0 unspecified atom stereocenters. The van der Waals surface area contributed by atoms with Crippen LogP contribution >= 0.6 is 0 Å². The molecular formula is C13H19F3N2. The molecule has 0 N–H and O–H groups in total. The smallest absolute Gasteiger partial charge is 0.241 e. The van der Waals surface area contributed by atoms with Gasteiger partial charge in [-0.1, -0.05) is 39.0 Å². The van der Waals surface area contributed by atoms with Gasteiger partial charge in [0.2, 0.25) is 0 Å². The van der Waals surface area contributed by atoms with E-state index in [0.29, 0.717) is 12.2 Å². The van der Waals surface area contributed by atoms with Gasteiger partial charge in [0.1, 0.15) is 11.5 Å². The highest BCUT2D eigenvalue weighted by Gasteiger charge is 2.32. The van der Waals surface area contributed by atoms with Crippen molar-refractivity contribution >= 4 is 0 Å². The molecule has 102 valence electrons. The van der Waals surface area contributed by atoms with Crippen LogP contribution in [0, 0.1) is 0 Å². The molecule has 0 bridgehead atoms. The molecule has 0 radical (unpaired) electrons.